The Morgan fingerprint density at radius 1 is 0.929 bits per heavy atom. The molecule has 2 N–H and O–H groups in total. The molecule has 0 fully saturated rings. The van der Waals surface area contributed by atoms with E-state index in [9.17, 15) is 18.3 Å². The normalized spacial score (nSPS) is 11.2. The minimum absolute atomic E-state index is 0.0219. The molecule has 0 aliphatic rings. The molecular weight excluding hydrogens is 421 g/mol. The van der Waals surface area contributed by atoms with E-state index in [4.69, 9.17) is 23.2 Å². The van der Waals surface area contributed by atoms with Crippen molar-refractivity contribution in [1.29, 1.82) is 0 Å². The van der Waals surface area contributed by atoms with Crippen LogP contribution in [0.5, 0.6) is 5.75 Å². The number of hydrogen-bond donors (Lipinski definition) is 2. The summed E-state index contributed by atoms with van der Waals surface area (Å²) in [5, 5.41) is 12.8. The summed E-state index contributed by atoms with van der Waals surface area (Å²) in [6.07, 6.45) is 0. The van der Waals surface area contributed by atoms with Gasteiger partial charge in [0.25, 0.3) is 5.91 Å². The Bertz CT molecular complexity index is 1160. The van der Waals surface area contributed by atoms with Crippen molar-refractivity contribution in [2.24, 2.45) is 0 Å². The van der Waals surface area contributed by atoms with E-state index in [-0.39, 0.29) is 36.8 Å². The monoisotopic (exact) mass is 435 g/mol. The van der Waals surface area contributed by atoms with E-state index >= 15 is 0 Å². The van der Waals surface area contributed by atoms with Crippen molar-refractivity contribution in [3.63, 3.8) is 0 Å². The molecule has 5 nitrogen and oxygen atoms in total. The van der Waals surface area contributed by atoms with Crippen LogP contribution < -0.4 is 5.32 Å². The molecule has 1 amide bonds. The summed E-state index contributed by atoms with van der Waals surface area (Å²) >= 11 is 12.0. The minimum Gasteiger partial charge on any atom is -0.507 e. The maximum absolute atomic E-state index is 12.8. The van der Waals surface area contributed by atoms with Crippen LogP contribution in [0.4, 0.5) is 5.69 Å². The van der Waals surface area contributed by atoms with Gasteiger partial charge in [0.05, 0.1) is 26.1 Å². The van der Waals surface area contributed by atoms with Crippen LogP contribution in [0.15, 0.2) is 70.5 Å². The molecule has 0 aliphatic carbocycles. The number of anilines is 1. The number of carbonyl (C=O) groups excluding carboxylic acids is 1. The lowest BCUT2D eigenvalue weighted by Gasteiger charge is -2.11. The summed E-state index contributed by atoms with van der Waals surface area (Å²) in [5.74, 6) is -0.937. The van der Waals surface area contributed by atoms with Crippen molar-refractivity contribution >= 4 is 44.6 Å². The maximum Gasteiger partial charge on any atom is 0.259 e. The molecule has 0 radical (unpaired) electrons. The van der Waals surface area contributed by atoms with E-state index in [2.05, 4.69) is 5.32 Å². The van der Waals surface area contributed by atoms with Crippen LogP contribution in [-0.4, -0.2) is 19.4 Å². The molecule has 0 bridgehead atoms. The van der Waals surface area contributed by atoms with Crippen LogP contribution in [0.1, 0.15) is 15.9 Å². The zero-order valence-electron chi connectivity index (χ0n) is 14.6. The molecule has 144 valence electrons. The number of sulfone groups is 1. The predicted octanol–water partition coefficient (Wildman–Crippen LogP) is 5.09. The predicted molar refractivity (Wildman–Crippen MR) is 109 cm³/mol. The topological polar surface area (TPSA) is 83.5 Å². The van der Waals surface area contributed by atoms with Crippen LogP contribution in [0.2, 0.25) is 10.0 Å². The van der Waals surface area contributed by atoms with Crippen molar-refractivity contribution in [2.45, 2.75) is 16.7 Å². The highest BCUT2D eigenvalue weighted by Crippen LogP contribution is 2.30. The van der Waals surface area contributed by atoms with E-state index in [1.54, 1.807) is 12.1 Å². The molecule has 0 saturated carbocycles. The largest absolute Gasteiger partial charge is 0.507 e. The van der Waals surface area contributed by atoms with Crippen molar-refractivity contribution in [3.8, 4) is 5.75 Å². The van der Waals surface area contributed by atoms with Crippen molar-refractivity contribution in [3.05, 3.63) is 81.8 Å². The fraction of sp³-hybridized carbons (Fsp3) is 0.0500. The first-order valence-electron chi connectivity index (χ1n) is 8.09. The molecule has 3 aromatic carbocycles. The maximum atomic E-state index is 12.8. The molecular formula is C20H15Cl2NO4S. The first-order valence-corrected chi connectivity index (χ1v) is 10.3. The number of hydrogen-bond acceptors (Lipinski definition) is 4. The number of phenols is 1. The molecule has 0 aliphatic heterocycles. The Hall–Kier alpha value is -2.54. The lowest BCUT2D eigenvalue weighted by Crippen LogP contribution is -2.13. The van der Waals surface area contributed by atoms with Crippen LogP contribution >= 0.6 is 23.2 Å². The molecule has 0 heterocycles. The second-order valence-electron chi connectivity index (χ2n) is 6.07. The Balaban J connectivity index is 1.97. The van der Waals surface area contributed by atoms with Crippen LogP contribution in [0, 0.1) is 6.92 Å². The molecule has 0 saturated heterocycles. The van der Waals surface area contributed by atoms with Crippen molar-refractivity contribution in [2.75, 3.05) is 5.32 Å². The summed E-state index contributed by atoms with van der Waals surface area (Å²) in [5.41, 5.74) is 0.971. The van der Waals surface area contributed by atoms with E-state index in [1.165, 1.54) is 48.5 Å². The highest BCUT2D eigenvalue weighted by molar-refractivity contribution is 7.91. The lowest BCUT2D eigenvalue weighted by molar-refractivity contribution is 0.102. The summed E-state index contributed by atoms with van der Waals surface area (Å²) in [6.45, 7) is 1.86. The Morgan fingerprint density at radius 2 is 1.57 bits per heavy atom. The fourth-order valence-corrected chi connectivity index (χ4v) is 4.12. The number of amides is 1. The van der Waals surface area contributed by atoms with Gasteiger partial charge in [0.2, 0.25) is 9.84 Å². The molecule has 0 aromatic heterocycles. The van der Waals surface area contributed by atoms with Gasteiger partial charge in [-0.15, -0.1) is 0 Å². The number of aromatic hydroxyl groups is 1. The van der Waals surface area contributed by atoms with Gasteiger partial charge in [-0.1, -0.05) is 40.9 Å². The lowest BCUT2D eigenvalue weighted by atomic mass is 10.2. The third kappa shape index (κ3) is 4.14. The third-order valence-electron chi connectivity index (χ3n) is 4.03. The Labute approximate surface area is 172 Å². The van der Waals surface area contributed by atoms with E-state index in [0.717, 1.165) is 5.56 Å². The van der Waals surface area contributed by atoms with Gasteiger partial charge in [-0.05, 0) is 55.5 Å². The van der Waals surface area contributed by atoms with Gasteiger partial charge in [0.1, 0.15) is 5.75 Å². The van der Waals surface area contributed by atoms with Crippen LogP contribution in [0.3, 0.4) is 0 Å². The molecule has 8 heteroatoms. The fourth-order valence-electron chi connectivity index (χ4n) is 2.50. The number of rotatable bonds is 4. The van der Waals surface area contributed by atoms with Crippen molar-refractivity contribution < 1.29 is 18.3 Å². The van der Waals surface area contributed by atoms with Crippen LogP contribution in [0.25, 0.3) is 0 Å². The Kier molecular flexibility index (Phi) is 5.65. The number of halogens is 2. The summed E-state index contributed by atoms with van der Waals surface area (Å²) in [7, 11) is -3.79. The average molecular weight is 436 g/mol. The van der Waals surface area contributed by atoms with Gasteiger partial charge in [-0.2, -0.15) is 0 Å². The molecule has 0 unspecified atom stereocenters. The summed E-state index contributed by atoms with van der Waals surface area (Å²) in [4.78, 5) is 12.6. The van der Waals surface area contributed by atoms with Gasteiger partial charge >= 0.3 is 0 Å². The molecule has 3 aromatic rings. The van der Waals surface area contributed by atoms with Crippen molar-refractivity contribution in [1.82, 2.24) is 0 Å². The highest BCUT2D eigenvalue weighted by Gasteiger charge is 2.20. The first-order chi connectivity index (χ1) is 13.2. The molecule has 0 spiro atoms. The smallest absolute Gasteiger partial charge is 0.259 e. The van der Waals surface area contributed by atoms with Gasteiger partial charge in [-0.3, -0.25) is 4.79 Å². The van der Waals surface area contributed by atoms with E-state index in [1.807, 2.05) is 6.92 Å². The number of phenolic OH excluding ortho intramolecular Hbond substituents is 1. The molecule has 28 heavy (non-hydrogen) atoms. The molecule has 0 atom stereocenters. The summed E-state index contributed by atoms with van der Waals surface area (Å²) in [6, 6.07) is 14.5. The zero-order valence-corrected chi connectivity index (χ0v) is 16.9. The van der Waals surface area contributed by atoms with Gasteiger partial charge in [-0.25, -0.2) is 8.42 Å². The SMILES string of the molecule is Cc1ccc(S(=O)(=O)c2ccc(Cl)c(NC(=O)c3cc(Cl)ccc3O)c2)cc1. The van der Waals surface area contributed by atoms with E-state index < -0.39 is 15.7 Å². The van der Waals surface area contributed by atoms with Gasteiger partial charge in [0, 0.05) is 5.02 Å². The molecule has 3 rings (SSSR count). The quantitative estimate of drug-likeness (QED) is 0.597. The Morgan fingerprint density at radius 3 is 2.25 bits per heavy atom. The number of aryl methyl sites for hydroxylation is 1. The third-order valence-corrected chi connectivity index (χ3v) is 6.36. The van der Waals surface area contributed by atoms with E-state index in [0.29, 0.717) is 0 Å². The second kappa shape index (κ2) is 7.83. The van der Waals surface area contributed by atoms with Gasteiger partial charge < -0.3 is 10.4 Å². The van der Waals surface area contributed by atoms with Crippen LogP contribution in [-0.2, 0) is 9.84 Å². The number of benzene rings is 3. The zero-order chi connectivity index (χ0) is 20.5. The highest BCUT2D eigenvalue weighted by atomic mass is 35.5. The average Bonchev–Trinajstić information content (AvgIpc) is 2.65. The summed E-state index contributed by atoms with van der Waals surface area (Å²) < 4.78 is 25.7. The second-order valence-corrected chi connectivity index (χ2v) is 8.87. The standard InChI is InChI=1S/C20H15Cl2NO4S/c1-12-2-5-14(6-3-12)28(26,27)15-7-8-17(22)18(11-15)23-20(25)16-10-13(21)4-9-19(16)24/h2-11,24H,1H3,(H,23,25). The number of nitrogens with one attached hydrogen (secondary N) is 1. The van der Waals surface area contributed by atoms with Gasteiger partial charge in [0.15, 0.2) is 0 Å². The first kappa shape index (κ1) is 20.2. The number of carbonyl (C=O) groups is 1. The minimum atomic E-state index is -3.79.